The zero-order chi connectivity index (χ0) is 14.8. The Labute approximate surface area is 114 Å². The van der Waals surface area contributed by atoms with E-state index < -0.39 is 20.7 Å². The largest absolute Gasteiger partial charge is 0.506 e. The lowest BCUT2D eigenvalue weighted by Crippen LogP contribution is -2.13. The zero-order valence-electron chi connectivity index (χ0n) is 10.1. The highest BCUT2D eigenvalue weighted by atomic mass is 32.2. The number of nitrogens with zero attached hydrogens (tertiary/aromatic N) is 1. The Kier molecular flexibility index (Phi) is 3.57. The summed E-state index contributed by atoms with van der Waals surface area (Å²) in [6.45, 7) is 0. The summed E-state index contributed by atoms with van der Waals surface area (Å²) >= 11 is 0. The first-order chi connectivity index (χ1) is 9.40. The van der Waals surface area contributed by atoms with E-state index in [2.05, 4.69) is 4.72 Å². The molecule has 0 spiro atoms. The highest BCUT2D eigenvalue weighted by Gasteiger charge is 2.18. The van der Waals surface area contributed by atoms with Crippen LogP contribution in [0.1, 0.15) is 0 Å². The van der Waals surface area contributed by atoms with Gasteiger partial charge in [0.05, 0.1) is 15.5 Å². The number of nitrogens with one attached hydrogen (secondary N) is 1. The number of hydrogen-bond donors (Lipinski definition) is 2. The van der Waals surface area contributed by atoms with Gasteiger partial charge in [-0.15, -0.1) is 0 Å². The van der Waals surface area contributed by atoms with E-state index in [1.54, 1.807) is 18.2 Å². The molecule has 20 heavy (non-hydrogen) atoms. The second kappa shape index (κ2) is 5.17. The summed E-state index contributed by atoms with van der Waals surface area (Å²) in [4.78, 5) is 9.96. The van der Waals surface area contributed by atoms with Crippen molar-refractivity contribution in [1.82, 2.24) is 0 Å². The van der Waals surface area contributed by atoms with Crippen LogP contribution in [0.2, 0.25) is 0 Å². The van der Waals surface area contributed by atoms with Gasteiger partial charge >= 0.3 is 0 Å². The number of non-ortho nitro benzene ring substituents is 1. The smallest absolute Gasteiger partial charge is 0.271 e. The number of nitro benzene ring substituents is 1. The summed E-state index contributed by atoms with van der Waals surface area (Å²) in [6, 6.07) is 10.6. The van der Waals surface area contributed by atoms with Gasteiger partial charge in [-0.2, -0.15) is 0 Å². The van der Waals surface area contributed by atoms with Crippen LogP contribution in [0.5, 0.6) is 5.75 Å². The van der Waals surface area contributed by atoms with Crippen LogP contribution in [0.4, 0.5) is 11.4 Å². The van der Waals surface area contributed by atoms with E-state index in [0.717, 1.165) is 18.2 Å². The number of sulfonamides is 1. The monoisotopic (exact) mass is 294 g/mol. The van der Waals surface area contributed by atoms with Crippen molar-refractivity contribution in [3.05, 3.63) is 58.6 Å². The minimum atomic E-state index is -3.91. The lowest BCUT2D eigenvalue weighted by atomic mass is 10.2. The van der Waals surface area contributed by atoms with Gasteiger partial charge in [0.2, 0.25) is 0 Å². The van der Waals surface area contributed by atoms with E-state index in [1.165, 1.54) is 12.1 Å². The van der Waals surface area contributed by atoms with E-state index in [1.807, 2.05) is 0 Å². The normalized spacial score (nSPS) is 11.0. The van der Waals surface area contributed by atoms with E-state index in [-0.39, 0.29) is 16.3 Å². The molecule has 0 heterocycles. The molecular formula is C12H10N2O5S. The third-order valence-corrected chi connectivity index (χ3v) is 3.87. The molecule has 8 heteroatoms. The van der Waals surface area contributed by atoms with Gasteiger partial charge < -0.3 is 5.11 Å². The molecule has 0 saturated carbocycles. The molecule has 0 radical (unpaired) electrons. The molecule has 0 aromatic heterocycles. The highest BCUT2D eigenvalue weighted by molar-refractivity contribution is 7.92. The summed E-state index contributed by atoms with van der Waals surface area (Å²) in [5.74, 6) is -0.393. The van der Waals surface area contributed by atoms with Gasteiger partial charge in [0, 0.05) is 12.1 Å². The fourth-order valence-electron chi connectivity index (χ4n) is 1.52. The van der Waals surface area contributed by atoms with E-state index in [9.17, 15) is 23.6 Å². The van der Waals surface area contributed by atoms with Gasteiger partial charge in [-0.1, -0.05) is 18.2 Å². The number of hydrogen-bond acceptors (Lipinski definition) is 5. The van der Waals surface area contributed by atoms with Crippen molar-refractivity contribution in [3.8, 4) is 5.75 Å². The van der Waals surface area contributed by atoms with E-state index in [0.29, 0.717) is 0 Å². The molecule has 2 rings (SSSR count). The predicted molar refractivity (Wildman–Crippen MR) is 72.0 cm³/mol. The lowest BCUT2D eigenvalue weighted by Gasteiger charge is -2.09. The number of benzene rings is 2. The molecule has 2 aromatic carbocycles. The number of nitro groups is 1. The van der Waals surface area contributed by atoms with Gasteiger partial charge in [0.15, 0.2) is 0 Å². The van der Waals surface area contributed by atoms with Gasteiger partial charge in [-0.3, -0.25) is 14.8 Å². The Morgan fingerprint density at radius 1 is 1.10 bits per heavy atom. The SMILES string of the molecule is O=[N+]([O-])c1ccc(O)c(NS(=O)(=O)c2ccccc2)c1. The third-order valence-electron chi connectivity index (χ3n) is 2.49. The average Bonchev–Trinajstić information content (AvgIpc) is 2.42. The maximum Gasteiger partial charge on any atom is 0.271 e. The summed E-state index contributed by atoms with van der Waals surface area (Å²) in [7, 11) is -3.91. The number of phenolic OH excluding ortho intramolecular Hbond substituents is 1. The van der Waals surface area contributed by atoms with Crippen molar-refractivity contribution in [2.45, 2.75) is 4.90 Å². The summed E-state index contributed by atoms with van der Waals surface area (Å²) in [5.41, 5.74) is -0.573. The van der Waals surface area contributed by atoms with Crippen molar-refractivity contribution < 1.29 is 18.4 Å². The fourth-order valence-corrected chi connectivity index (χ4v) is 2.61. The van der Waals surface area contributed by atoms with Gasteiger partial charge in [-0.05, 0) is 18.2 Å². The minimum absolute atomic E-state index is 0.00842. The van der Waals surface area contributed by atoms with Gasteiger partial charge in [0.25, 0.3) is 15.7 Å². The van der Waals surface area contributed by atoms with E-state index in [4.69, 9.17) is 0 Å². The Balaban J connectivity index is 2.39. The second-order valence-corrected chi connectivity index (χ2v) is 5.56. The molecule has 0 aliphatic carbocycles. The summed E-state index contributed by atoms with van der Waals surface area (Å²) < 4.78 is 26.2. The minimum Gasteiger partial charge on any atom is -0.506 e. The van der Waals surface area contributed by atoms with Crippen LogP contribution in [0.3, 0.4) is 0 Å². The van der Waals surface area contributed by atoms with Crippen molar-refractivity contribution in [2.24, 2.45) is 0 Å². The number of rotatable bonds is 4. The molecule has 0 aliphatic heterocycles. The quantitative estimate of drug-likeness (QED) is 0.510. The predicted octanol–water partition coefficient (Wildman–Crippen LogP) is 2.10. The molecule has 2 N–H and O–H groups in total. The molecule has 0 saturated heterocycles. The van der Waals surface area contributed by atoms with Crippen molar-refractivity contribution in [2.75, 3.05) is 4.72 Å². The standard InChI is InChI=1S/C12H10N2O5S/c15-12-7-6-9(14(16)17)8-11(12)13-20(18,19)10-4-2-1-3-5-10/h1-8,13,15H. The van der Waals surface area contributed by atoms with Gasteiger partial charge in [0.1, 0.15) is 5.75 Å². The molecule has 0 fully saturated rings. The van der Waals surface area contributed by atoms with Crippen molar-refractivity contribution >= 4 is 21.4 Å². The first-order valence-corrected chi connectivity index (χ1v) is 6.94. The highest BCUT2D eigenvalue weighted by Crippen LogP contribution is 2.29. The Hall–Kier alpha value is -2.61. The van der Waals surface area contributed by atoms with Crippen molar-refractivity contribution in [3.63, 3.8) is 0 Å². The zero-order valence-corrected chi connectivity index (χ0v) is 10.9. The number of phenols is 1. The molecule has 0 unspecified atom stereocenters. The molecular weight excluding hydrogens is 284 g/mol. The molecule has 0 atom stereocenters. The number of aromatic hydroxyl groups is 1. The Bertz CT molecular complexity index is 744. The molecule has 0 bridgehead atoms. The van der Waals surface area contributed by atoms with Crippen LogP contribution in [-0.4, -0.2) is 18.4 Å². The van der Waals surface area contributed by atoms with Crippen LogP contribution >= 0.6 is 0 Å². The van der Waals surface area contributed by atoms with Gasteiger partial charge in [-0.25, -0.2) is 8.42 Å². The van der Waals surface area contributed by atoms with Crippen LogP contribution in [-0.2, 0) is 10.0 Å². The molecule has 0 aliphatic rings. The fraction of sp³-hybridized carbons (Fsp3) is 0. The van der Waals surface area contributed by atoms with Crippen molar-refractivity contribution in [1.29, 1.82) is 0 Å². The summed E-state index contributed by atoms with van der Waals surface area (Å²) in [6.07, 6.45) is 0. The van der Waals surface area contributed by atoms with Crippen LogP contribution in [0.25, 0.3) is 0 Å². The molecule has 2 aromatic rings. The topological polar surface area (TPSA) is 110 Å². The lowest BCUT2D eigenvalue weighted by molar-refractivity contribution is -0.384. The first kappa shape index (κ1) is 13.8. The molecule has 104 valence electrons. The summed E-state index contributed by atoms with van der Waals surface area (Å²) in [5, 5.41) is 20.2. The molecule has 0 amide bonds. The van der Waals surface area contributed by atoms with Crippen LogP contribution < -0.4 is 4.72 Å². The average molecular weight is 294 g/mol. The second-order valence-electron chi connectivity index (χ2n) is 3.88. The number of anilines is 1. The first-order valence-electron chi connectivity index (χ1n) is 5.45. The molecule has 7 nitrogen and oxygen atoms in total. The van der Waals surface area contributed by atoms with E-state index >= 15 is 0 Å². The maximum atomic E-state index is 12.0. The van der Waals surface area contributed by atoms with Crippen LogP contribution in [0.15, 0.2) is 53.4 Å². The Morgan fingerprint density at radius 3 is 2.35 bits per heavy atom. The third kappa shape index (κ3) is 2.86. The maximum absolute atomic E-state index is 12.0. The Morgan fingerprint density at radius 2 is 1.75 bits per heavy atom. The van der Waals surface area contributed by atoms with Crippen LogP contribution in [0, 0.1) is 10.1 Å².